The van der Waals surface area contributed by atoms with Crippen LogP contribution in [0.25, 0.3) is 0 Å². The van der Waals surface area contributed by atoms with E-state index in [4.69, 9.17) is 5.73 Å². The Bertz CT molecular complexity index is 560. The van der Waals surface area contributed by atoms with Crippen molar-refractivity contribution in [2.75, 3.05) is 25.0 Å². The summed E-state index contributed by atoms with van der Waals surface area (Å²) in [4.78, 5) is 25.6. The highest BCUT2D eigenvalue weighted by atomic mass is 16.2. The predicted molar refractivity (Wildman–Crippen MR) is 87.6 cm³/mol. The molecule has 0 saturated carbocycles. The second-order valence-electron chi connectivity index (χ2n) is 6.30. The van der Waals surface area contributed by atoms with Crippen LogP contribution in [0, 0.1) is 26.7 Å². The first-order chi connectivity index (χ1) is 10.4. The van der Waals surface area contributed by atoms with Gasteiger partial charge in [-0.25, -0.2) is 0 Å². The fourth-order valence-electron chi connectivity index (χ4n) is 3.19. The number of benzene rings is 1. The van der Waals surface area contributed by atoms with Crippen molar-refractivity contribution in [1.82, 2.24) is 4.90 Å². The third-order valence-corrected chi connectivity index (χ3v) is 4.22. The van der Waals surface area contributed by atoms with Crippen molar-refractivity contribution in [3.8, 4) is 0 Å². The summed E-state index contributed by atoms with van der Waals surface area (Å²) < 4.78 is 0. The van der Waals surface area contributed by atoms with Gasteiger partial charge in [0.1, 0.15) is 0 Å². The molecule has 1 heterocycles. The van der Waals surface area contributed by atoms with Crippen LogP contribution in [-0.2, 0) is 9.59 Å². The number of aryl methyl sites for hydroxylation is 3. The Kier molecular flexibility index (Phi) is 5.19. The van der Waals surface area contributed by atoms with Crippen molar-refractivity contribution >= 4 is 17.5 Å². The van der Waals surface area contributed by atoms with E-state index < -0.39 is 0 Å². The Morgan fingerprint density at radius 1 is 1.27 bits per heavy atom. The molecule has 5 nitrogen and oxygen atoms in total. The highest BCUT2D eigenvalue weighted by molar-refractivity contribution is 5.93. The molecule has 2 rings (SSSR count). The summed E-state index contributed by atoms with van der Waals surface area (Å²) in [7, 11) is 0. The van der Waals surface area contributed by atoms with Crippen LogP contribution in [-0.4, -0.2) is 36.3 Å². The van der Waals surface area contributed by atoms with E-state index in [1.165, 1.54) is 5.56 Å². The quantitative estimate of drug-likeness (QED) is 0.889. The summed E-state index contributed by atoms with van der Waals surface area (Å²) >= 11 is 0. The lowest BCUT2D eigenvalue weighted by atomic mass is 9.97. The van der Waals surface area contributed by atoms with E-state index in [9.17, 15) is 9.59 Å². The zero-order chi connectivity index (χ0) is 16.3. The van der Waals surface area contributed by atoms with Gasteiger partial charge in [-0.05, 0) is 51.3 Å². The smallest absolute Gasteiger partial charge is 0.238 e. The Balaban J connectivity index is 1.97. The van der Waals surface area contributed by atoms with Gasteiger partial charge >= 0.3 is 0 Å². The summed E-state index contributed by atoms with van der Waals surface area (Å²) in [5.74, 6) is -0.445. The van der Waals surface area contributed by atoms with Gasteiger partial charge in [0.05, 0.1) is 12.5 Å². The molecule has 1 saturated heterocycles. The topological polar surface area (TPSA) is 75.4 Å². The Labute approximate surface area is 131 Å². The van der Waals surface area contributed by atoms with Crippen LogP contribution < -0.4 is 11.1 Å². The Morgan fingerprint density at radius 3 is 2.50 bits per heavy atom. The van der Waals surface area contributed by atoms with Crippen LogP contribution in [0.5, 0.6) is 0 Å². The molecule has 22 heavy (non-hydrogen) atoms. The van der Waals surface area contributed by atoms with E-state index in [2.05, 4.69) is 17.4 Å². The Morgan fingerprint density at radius 2 is 1.91 bits per heavy atom. The van der Waals surface area contributed by atoms with E-state index in [0.717, 1.165) is 36.2 Å². The number of carbonyl (C=O) groups is 2. The summed E-state index contributed by atoms with van der Waals surface area (Å²) in [5.41, 5.74) is 9.59. The first-order valence-corrected chi connectivity index (χ1v) is 7.76. The Hall–Kier alpha value is -1.88. The number of nitrogens with two attached hydrogens (primary N) is 1. The highest BCUT2D eigenvalue weighted by Gasteiger charge is 2.25. The molecule has 0 aromatic heterocycles. The molecule has 5 heteroatoms. The second kappa shape index (κ2) is 6.92. The normalized spacial score (nSPS) is 19.0. The fraction of sp³-hybridized carbons (Fsp3) is 0.529. The highest BCUT2D eigenvalue weighted by Crippen LogP contribution is 2.22. The predicted octanol–water partition coefficient (Wildman–Crippen LogP) is 1.75. The van der Waals surface area contributed by atoms with Gasteiger partial charge in [0.25, 0.3) is 0 Å². The van der Waals surface area contributed by atoms with Crippen molar-refractivity contribution < 1.29 is 9.59 Å². The standard InChI is InChI=1S/C17H25N3O2/c1-11-7-12(2)16(13(3)8-11)19-15(21)10-20-6-4-5-14(9-20)17(18)22/h7-8,14H,4-6,9-10H2,1-3H3,(H2,18,22)(H,19,21)/t14-/m1/s1. The molecule has 1 atom stereocenters. The van der Waals surface area contributed by atoms with Crippen molar-refractivity contribution in [2.45, 2.75) is 33.6 Å². The molecule has 0 unspecified atom stereocenters. The van der Waals surface area contributed by atoms with E-state index in [-0.39, 0.29) is 17.7 Å². The van der Waals surface area contributed by atoms with Crippen LogP contribution in [0.15, 0.2) is 12.1 Å². The third kappa shape index (κ3) is 4.07. The van der Waals surface area contributed by atoms with Crippen molar-refractivity contribution in [3.63, 3.8) is 0 Å². The first kappa shape index (κ1) is 16.5. The minimum absolute atomic E-state index is 0.0415. The summed E-state index contributed by atoms with van der Waals surface area (Å²) in [6, 6.07) is 4.12. The summed E-state index contributed by atoms with van der Waals surface area (Å²) in [5, 5.41) is 3.00. The number of rotatable bonds is 4. The molecule has 1 aromatic carbocycles. The number of amides is 2. The lowest BCUT2D eigenvalue weighted by Crippen LogP contribution is -2.44. The SMILES string of the molecule is Cc1cc(C)c(NC(=O)CN2CCC[C@@H](C(N)=O)C2)c(C)c1. The van der Waals surface area contributed by atoms with Crippen LogP contribution >= 0.6 is 0 Å². The first-order valence-electron chi connectivity index (χ1n) is 7.76. The molecule has 0 bridgehead atoms. The number of piperidine rings is 1. The number of nitrogens with zero attached hydrogens (tertiary/aromatic N) is 1. The average molecular weight is 303 g/mol. The lowest BCUT2D eigenvalue weighted by molar-refractivity contribution is -0.125. The minimum atomic E-state index is -0.268. The third-order valence-electron chi connectivity index (χ3n) is 4.22. The maximum atomic E-state index is 12.3. The monoisotopic (exact) mass is 303 g/mol. The van der Waals surface area contributed by atoms with E-state index in [1.54, 1.807) is 0 Å². The van der Waals surface area contributed by atoms with Crippen LogP contribution in [0.2, 0.25) is 0 Å². The van der Waals surface area contributed by atoms with E-state index >= 15 is 0 Å². The second-order valence-corrected chi connectivity index (χ2v) is 6.30. The van der Waals surface area contributed by atoms with Crippen molar-refractivity contribution in [2.24, 2.45) is 11.7 Å². The van der Waals surface area contributed by atoms with E-state index in [0.29, 0.717) is 13.1 Å². The van der Waals surface area contributed by atoms with Gasteiger partial charge in [0.15, 0.2) is 0 Å². The lowest BCUT2D eigenvalue weighted by Gasteiger charge is -2.30. The number of likely N-dealkylation sites (tertiary alicyclic amines) is 1. The average Bonchev–Trinajstić information content (AvgIpc) is 2.43. The summed E-state index contributed by atoms with van der Waals surface area (Å²) in [6.07, 6.45) is 1.73. The van der Waals surface area contributed by atoms with Crippen LogP contribution in [0.4, 0.5) is 5.69 Å². The molecule has 1 aromatic rings. The van der Waals surface area contributed by atoms with Gasteiger partial charge in [-0.1, -0.05) is 17.7 Å². The fourth-order valence-corrected chi connectivity index (χ4v) is 3.19. The number of nitrogens with one attached hydrogen (secondary N) is 1. The molecule has 1 fully saturated rings. The molecule has 3 N–H and O–H groups in total. The molecule has 0 spiro atoms. The van der Waals surface area contributed by atoms with E-state index in [1.807, 2.05) is 25.7 Å². The number of carbonyl (C=O) groups excluding carboxylic acids is 2. The van der Waals surface area contributed by atoms with Gasteiger partial charge in [-0.3, -0.25) is 14.5 Å². The number of anilines is 1. The molecular formula is C17H25N3O2. The van der Waals surface area contributed by atoms with Crippen molar-refractivity contribution in [3.05, 3.63) is 28.8 Å². The maximum Gasteiger partial charge on any atom is 0.238 e. The maximum absolute atomic E-state index is 12.3. The van der Waals surface area contributed by atoms with Gasteiger partial charge in [-0.15, -0.1) is 0 Å². The van der Waals surface area contributed by atoms with Crippen LogP contribution in [0.1, 0.15) is 29.5 Å². The number of hydrogen-bond donors (Lipinski definition) is 2. The van der Waals surface area contributed by atoms with Gasteiger partial charge in [0.2, 0.25) is 11.8 Å². The molecule has 1 aliphatic rings. The largest absolute Gasteiger partial charge is 0.369 e. The molecule has 0 aliphatic carbocycles. The molecular weight excluding hydrogens is 278 g/mol. The zero-order valence-electron chi connectivity index (χ0n) is 13.6. The zero-order valence-corrected chi connectivity index (χ0v) is 13.6. The molecule has 120 valence electrons. The van der Waals surface area contributed by atoms with Gasteiger partial charge < -0.3 is 11.1 Å². The number of hydrogen-bond acceptors (Lipinski definition) is 3. The number of primary amides is 1. The van der Waals surface area contributed by atoms with Gasteiger partial charge in [0, 0.05) is 12.2 Å². The van der Waals surface area contributed by atoms with Gasteiger partial charge in [-0.2, -0.15) is 0 Å². The summed E-state index contributed by atoms with van der Waals surface area (Å²) in [6.45, 7) is 7.76. The van der Waals surface area contributed by atoms with Crippen LogP contribution in [0.3, 0.4) is 0 Å². The van der Waals surface area contributed by atoms with Crippen molar-refractivity contribution in [1.29, 1.82) is 0 Å². The molecule has 0 radical (unpaired) electrons. The molecule has 1 aliphatic heterocycles. The minimum Gasteiger partial charge on any atom is -0.369 e. The molecule has 2 amide bonds.